The Morgan fingerprint density at radius 1 is 0.833 bits per heavy atom. The van der Waals surface area contributed by atoms with Gasteiger partial charge in [-0.15, -0.1) is 0 Å². The van der Waals surface area contributed by atoms with Gasteiger partial charge in [-0.05, 0) is 43.9 Å². The molecule has 0 aliphatic rings. The van der Waals surface area contributed by atoms with Gasteiger partial charge in [0.15, 0.2) is 12.1 Å². The maximum Gasteiger partial charge on any atom is 0.345 e. The normalized spacial score (nSPS) is 13.6. The molecule has 1 unspecified atom stereocenters. The molecule has 14 nitrogen and oxygen atoms in total. The molecule has 0 saturated carbocycles. The van der Waals surface area contributed by atoms with Crippen molar-refractivity contribution in [1.29, 1.82) is 5.41 Å². The first kappa shape index (κ1) is 37.6. The summed E-state index contributed by atoms with van der Waals surface area (Å²) >= 11 is 0. The van der Waals surface area contributed by atoms with Crippen LogP contribution < -0.4 is 28.3 Å². The molecular formula is C22H46N6O8. The van der Waals surface area contributed by atoms with Crippen LogP contribution in [0, 0.1) is 17.2 Å². The van der Waals surface area contributed by atoms with Crippen LogP contribution in [-0.4, -0.2) is 75.9 Å². The van der Waals surface area contributed by atoms with Crippen LogP contribution in [0.5, 0.6) is 0 Å². The molecule has 0 bridgehead atoms. The van der Waals surface area contributed by atoms with Crippen LogP contribution in [0.15, 0.2) is 0 Å². The average Bonchev–Trinajstić information content (AvgIpc) is 2.74. The predicted molar refractivity (Wildman–Crippen MR) is 135 cm³/mol. The van der Waals surface area contributed by atoms with E-state index >= 15 is 0 Å². The van der Waals surface area contributed by atoms with Crippen LogP contribution in [0.1, 0.15) is 66.7 Å². The zero-order valence-electron chi connectivity index (χ0n) is 21.9. The second-order valence-corrected chi connectivity index (χ2v) is 8.91. The molecule has 0 saturated heterocycles. The maximum absolute atomic E-state index is 11.3. The van der Waals surface area contributed by atoms with E-state index in [9.17, 15) is 19.2 Å². The third kappa shape index (κ3) is 24.2. The van der Waals surface area contributed by atoms with Crippen molar-refractivity contribution in [3.8, 4) is 0 Å². The second kappa shape index (κ2) is 21.3. The van der Waals surface area contributed by atoms with Crippen molar-refractivity contribution < 1.29 is 39.2 Å². The lowest BCUT2D eigenvalue weighted by atomic mass is 10.0. The smallest absolute Gasteiger partial charge is 0.345 e. The number of nitrogens with one attached hydrogen (secondary N) is 2. The molecule has 0 aliphatic carbocycles. The van der Waals surface area contributed by atoms with Crippen molar-refractivity contribution in [2.45, 2.75) is 91.0 Å². The van der Waals surface area contributed by atoms with Gasteiger partial charge >= 0.3 is 23.9 Å². The van der Waals surface area contributed by atoms with E-state index in [4.69, 9.17) is 48.4 Å². The van der Waals surface area contributed by atoms with Gasteiger partial charge in [0, 0.05) is 6.54 Å². The highest BCUT2D eigenvalue weighted by molar-refractivity contribution is 5.80. The quantitative estimate of drug-likeness (QED) is 0.0622. The largest absolute Gasteiger partial charge is 0.480 e. The summed E-state index contributed by atoms with van der Waals surface area (Å²) in [5, 5.41) is 34.7. The minimum atomic E-state index is -1.14. The Morgan fingerprint density at radius 3 is 1.58 bits per heavy atom. The van der Waals surface area contributed by atoms with Crippen LogP contribution in [0.25, 0.3) is 0 Å². The monoisotopic (exact) mass is 522 g/mol. The summed E-state index contributed by atoms with van der Waals surface area (Å²) in [6.45, 7) is 9.88. The average molecular weight is 523 g/mol. The summed E-state index contributed by atoms with van der Waals surface area (Å²) in [5.41, 5.74) is 21.0. The molecule has 0 spiro atoms. The molecular weight excluding hydrogens is 476 g/mol. The van der Waals surface area contributed by atoms with E-state index in [2.05, 4.69) is 5.32 Å². The van der Waals surface area contributed by atoms with E-state index < -0.39 is 48.1 Å². The van der Waals surface area contributed by atoms with E-state index in [0.29, 0.717) is 38.1 Å². The summed E-state index contributed by atoms with van der Waals surface area (Å²) in [4.78, 5) is 42.3. The van der Waals surface area contributed by atoms with Crippen LogP contribution >= 0.6 is 0 Å². The van der Waals surface area contributed by atoms with Crippen molar-refractivity contribution in [3.05, 3.63) is 0 Å². The Hall–Kier alpha value is -2.97. The Bertz CT molecular complexity index is 675. The van der Waals surface area contributed by atoms with Crippen molar-refractivity contribution in [3.63, 3.8) is 0 Å². The maximum atomic E-state index is 11.3. The highest BCUT2D eigenvalue weighted by atomic mass is 16.6. The fraction of sp³-hybridized carbons (Fsp3) is 0.773. The summed E-state index contributed by atoms with van der Waals surface area (Å²) in [7, 11) is 0. The third-order valence-electron chi connectivity index (χ3n) is 4.30. The van der Waals surface area contributed by atoms with Gasteiger partial charge in [-0.3, -0.25) is 19.8 Å². The van der Waals surface area contributed by atoms with Crippen LogP contribution in [0.2, 0.25) is 0 Å². The number of hydrogen-bond donors (Lipinski definition) is 9. The van der Waals surface area contributed by atoms with Gasteiger partial charge < -0.3 is 48.3 Å². The first-order valence-electron chi connectivity index (χ1n) is 11.7. The number of nitrogens with two attached hydrogens (primary N) is 4. The highest BCUT2D eigenvalue weighted by Crippen LogP contribution is 2.07. The van der Waals surface area contributed by atoms with Crippen molar-refractivity contribution in [2.75, 3.05) is 6.54 Å². The molecule has 36 heavy (non-hydrogen) atoms. The van der Waals surface area contributed by atoms with E-state index in [1.54, 1.807) is 6.92 Å². The summed E-state index contributed by atoms with van der Waals surface area (Å²) < 4.78 is 4.76. The third-order valence-corrected chi connectivity index (χ3v) is 4.30. The van der Waals surface area contributed by atoms with E-state index in [1.165, 1.54) is 0 Å². The zero-order chi connectivity index (χ0) is 29.0. The molecule has 0 heterocycles. The first-order chi connectivity index (χ1) is 16.5. The lowest BCUT2D eigenvalue weighted by molar-refractivity contribution is -0.165. The zero-order valence-corrected chi connectivity index (χ0v) is 21.9. The predicted octanol–water partition coefficient (Wildman–Crippen LogP) is -0.128. The van der Waals surface area contributed by atoms with Gasteiger partial charge in [0.25, 0.3) is 0 Å². The van der Waals surface area contributed by atoms with Gasteiger partial charge in [0.1, 0.15) is 18.1 Å². The van der Waals surface area contributed by atoms with Crippen molar-refractivity contribution >= 4 is 29.8 Å². The summed E-state index contributed by atoms with van der Waals surface area (Å²) in [5.74, 6) is -3.17. The van der Waals surface area contributed by atoms with Crippen LogP contribution in [-0.2, 0) is 23.9 Å². The molecule has 0 fully saturated rings. The Labute approximate surface area is 212 Å². The van der Waals surface area contributed by atoms with E-state index in [-0.39, 0.29) is 18.3 Å². The molecule has 0 amide bonds. The van der Waals surface area contributed by atoms with Gasteiger partial charge in [-0.2, -0.15) is 0 Å². The minimum absolute atomic E-state index is 0.112. The number of rotatable bonds is 14. The van der Waals surface area contributed by atoms with E-state index in [0.717, 1.165) is 0 Å². The van der Waals surface area contributed by atoms with Crippen molar-refractivity contribution in [2.24, 2.45) is 34.8 Å². The SMILES string of the molecule is CC(C)C[C@H](N)C(=O)O.CCC(OC(=O)[C@@H](N)CC(C)C)C(=O)O.N=C(N)NCCC[C@H](N)C(=O)O. The number of guanidine groups is 1. The van der Waals surface area contributed by atoms with Crippen LogP contribution in [0.4, 0.5) is 0 Å². The number of hydrogen-bond acceptors (Lipinski definition) is 9. The number of carboxylic acids is 3. The number of carbonyl (C=O) groups is 4. The summed E-state index contributed by atoms with van der Waals surface area (Å²) in [6, 6.07) is -2.25. The highest BCUT2D eigenvalue weighted by Gasteiger charge is 2.24. The minimum Gasteiger partial charge on any atom is -0.480 e. The fourth-order valence-corrected chi connectivity index (χ4v) is 2.42. The number of ether oxygens (including phenoxy) is 1. The molecule has 0 radical (unpaired) electrons. The molecule has 14 heteroatoms. The number of carboxylic acid groups (broad SMARTS) is 3. The van der Waals surface area contributed by atoms with Gasteiger partial charge in [0.05, 0.1) is 0 Å². The topological polar surface area (TPSA) is 278 Å². The van der Waals surface area contributed by atoms with Gasteiger partial charge in [-0.1, -0.05) is 34.6 Å². The molecule has 0 aromatic carbocycles. The second-order valence-electron chi connectivity index (χ2n) is 8.91. The van der Waals surface area contributed by atoms with Gasteiger partial charge in [-0.25, -0.2) is 4.79 Å². The Morgan fingerprint density at radius 2 is 1.28 bits per heavy atom. The molecule has 0 aromatic heterocycles. The Balaban J connectivity index is -0.000000469. The lowest BCUT2D eigenvalue weighted by Gasteiger charge is -2.16. The molecule has 13 N–H and O–H groups in total. The van der Waals surface area contributed by atoms with E-state index in [1.807, 2.05) is 27.7 Å². The number of carbonyl (C=O) groups excluding carboxylic acids is 1. The summed E-state index contributed by atoms with van der Waals surface area (Å²) in [6.07, 6.45) is 1.18. The van der Waals surface area contributed by atoms with Crippen LogP contribution in [0.3, 0.4) is 0 Å². The lowest BCUT2D eigenvalue weighted by Crippen LogP contribution is -2.38. The fourth-order valence-electron chi connectivity index (χ4n) is 2.42. The number of esters is 1. The first-order valence-corrected chi connectivity index (χ1v) is 11.7. The molecule has 0 aliphatic heterocycles. The molecule has 0 aromatic rings. The van der Waals surface area contributed by atoms with Gasteiger partial charge in [0.2, 0.25) is 0 Å². The number of aliphatic carboxylic acids is 3. The Kier molecular flexibility index (Phi) is 22.3. The molecule has 0 rings (SSSR count). The molecule has 4 atom stereocenters. The van der Waals surface area contributed by atoms with Crippen molar-refractivity contribution in [1.82, 2.24) is 5.32 Å². The standard InChI is InChI=1S/C10H19NO4.C6H14N4O2.C6H13NO2/c1-4-8(9(12)13)15-10(14)7(11)5-6(2)3;7-4(5(11)12)2-1-3-10-6(8)9;1-4(2)3-5(7)6(8)9/h6-8H,4-5,11H2,1-3H3,(H,12,13);4H,1-3,7H2,(H,11,12)(H4,8,9,10);4-5H,3,7H2,1-2H3,(H,8,9)/t7-,8?;4-;5-/m000/s1. The molecule has 212 valence electrons.